The van der Waals surface area contributed by atoms with E-state index in [1.807, 2.05) is 0 Å². The van der Waals surface area contributed by atoms with Crippen molar-refractivity contribution in [1.29, 1.82) is 0 Å². The summed E-state index contributed by atoms with van der Waals surface area (Å²) in [5, 5.41) is 10.2. The maximum Gasteiger partial charge on any atom is 0.0546 e. The second-order valence-electron chi connectivity index (χ2n) is 11.8. The monoisotopic (exact) mass is 396 g/mol. The van der Waals surface area contributed by atoms with E-state index in [9.17, 15) is 5.11 Å². The molecular weight excluding hydrogens is 352 g/mol. The molecule has 0 saturated heterocycles. The van der Waals surface area contributed by atoms with Crippen molar-refractivity contribution in [3.8, 4) is 0 Å². The lowest BCUT2D eigenvalue weighted by Crippen LogP contribution is -2.44. The lowest BCUT2D eigenvalue weighted by Gasteiger charge is -2.53. The molecule has 0 aromatic carbocycles. The van der Waals surface area contributed by atoms with Gasteiger partial charge in [0.1, 0.15) is 0 Å². The number of rotatable bonds is 4. The number of fused-ring (bicyclic) bond motifs is 4. The molecule has 0 aromatic heterocycles. The molecular formula is C28H44O. The third-order valence-corrected chi connectivity index (χ3v) is 9.99. The molecule has 0 unspecified atom stereocenters. The number of aliphatic hydroxyl groups excluding tert-OH is 1. The average Bonchev–Trinajstić information content (AvgIpc) is 3.03. The summed E-state index contributed by atoms with van der Waals surface area (Å²) in [6, 6.07) is 0. The van der Waals surface area contributed by atoms with E-state index in [-0.39, 0.29) is 6.10 Å². The van der Waals surface area contributed by atoms with Crippen LogP contribution >= 0.6 is 0 Å². The first kappa shape index (κ1) is 21.4. The van der Waals surface area contributed by atoms with Crippen molar-refractivity contribution in [2.75, 3.05) is 0 Å². The topological polar surface area (TPSA) is 20.2 Å². The van der Waals surface area contributed by atoms with E-state index in [0.29, 0.717) is 28.6 Å². The normalized spacial score (nSPS) is 44.0. The van der Waals surface area contributed by atoms with Crippen LogP contribution in [0.3, 0.4) is 0 Å². The van der Waals surface area contributed by atoms with Crippen LogP contribution in [0.5, 0.6) is 0 Å². The Morgan fingerprint density at radius 2 is 1.79 bits per heavy atom. The molecule has 0 spiro atoms. The maximum absolute atomic E-state index is 10.2. The molecule has 0 radical (unpaired) electrons. The molecule has 1 N–H and O–H groups in total. The zero-order valence-corrected chi connectivity index (χ0v) is 19.7. The fraction of sp³-hybridized carbons (Fsp3) is 0.786. The van der Waals surface area contributed by atoms with Crippen LogP contribution in [0.1, 0.15) is 86.5 Å². The molecule has 162 valence electrons. The molecule has 2 saturated carbocycles. The molecule has 29 heavy (non-hydrogen) atoms. The maximum atomic E-state index is 10.2. The predicted molar refractivity (Wildman–Crippen MR) is 123 cm³/mol. The van der Waals surface area contributed by atoms with E-state index in [2.05, 4.69) is 65.8 Å². The minimum Gasteiger partial charge on any atom is -0.393 e. The Hall–Kier alpha value is -0.820. The molecule has 4 aliphatic carbocycles. The van der Waals surface area contributed by atoms with Crippen LogP contribution in [0, 0.1) is 46.3 Å². The molecule has 1 nitrogen and oxygen atoms in total. The summed E-state index contributed by atoms with van der Waals surface area (Å²) >= 11 is 0. The van der Waals surface area contributed by atoms with Crippen molar-refractivity contribution in [1.82, 2.24) is 0 Å². The van der Waals surface area contributed by atoms with Gasteiger partial charge in [0, 0.05) is 0 Å². The van der Waals surface area contributed by atoms with E-state index in [4.69, 9.17) is 0 Å². The minimum absolute atomic E-state index is 0.0922. The van der Waals surface area contributed by atoms with Gasteiger partial charge in [-0.05, 0) is 96.9 Å². The Morgan fingerprint density at radius 3 is 2.52 bits per heavy atom. The van der Waals surface area contributed by atoms with E-state index >= 15 is 0 Å². The van der Waals surface area contributed by atoms with Crippen molar-refractivity contribution >= 4 is 0 Å². The van der Waals surface area contributed by atoms with Gasteiger partial charge in [0.05, 0.1) is 6.10 Å². The van der Waals surface area contributed by atoms with Crippen LogP contribution < -0.4 is 0 Å². The molecule has 0 aliphatic heterocycles. The quantitative estimate of drug-likeness (QED) is 0.493. The molecule has 4 rings (SSSR count). The van der Waals surface area contributed by atoms with Gasteiger partial charge in [0.25, 0.3) is 0 Å². The average molecular weight is 397 g/mol. The van der Waals surface area contributed by atoms with E-state index in [0.717, 1.165) is 30.6 Å². The molecule has 0 heterocycles. The summed E-state index contributed by atoms with van der Waals surface area (Å²) in [7, 11) is 0. The van der Waals surface area contributed by atoms with Gasteiger partial charge in [0.15, 0.2) is 0 Å². The first-order valence-corrected chi connectivity index (χ1v) is 12.4. The molecule has 0 amide bonds. The SMILES string of the molecule is CC(C)[C@@H](C)C=C[C@H](C)[C@H]1CC[C@H]2C3=C(CC[C@]12C)[C@@]1(C)CC[C@H](O)C[C@H]1C=C3. The molecule has 0 bridgehead atoms. The highest BCUT2D eigenvalue weighted by molar-refractivity contribution is 5.42. The zero-order valence-electron chi connectivity index (χ0n) is 19.7. The van der Waals surface area contributed by atoms with Gasteiger partial charge >= 0.3 is 0 Å². The van der Waals surface area contributed by atoms with Crippen LogP contribution in [0.15, 0.2) is 35.5 Å². The van der Waals surface area contributed by atoms with E-state index < -0.39 is 0 Å². The molecule has 0 aromatic rings. The Bertz CT molecular complexity index is 712. The summed E-state index contributed by atoms with van der Waals surface area (Å²) in [5.41, 5.74) is 4.24. The third kappa shape index (κ3) is 3.50. The van der Waals surface area contributed by atoms with Crippen molar-refractivity contribution in [3.63, 3.8) is 0 Å². The lowest BCUT2D eigenvalue weighted by molar-refractivity contribution is 0.0443. The van der Waals surface area contributed by atoms with Crippen molar-refractivity contribution < 1.29 is 5.11 Å². The first-order chi connectivity index (χ1) is 13.7. The summed E-state index contributed by atoms with van der Waals surface area (Å²) in [6.07, 6.45) is 18.4. The number of allylic oxidation sites excluding steroid dienone is 6. The van der Waals surface area contributed by atoms with Gasteiger partial charge in [-0.15, -0.1) is 0 Å². The fourth-order valence-electron chi connectivity index (χ4n) is 7.49. The number of hydrogen-bond acceptors (Lipinski definition) is 1. The van der Waals surface area contributed by atoms with Crippen LogP contribution in [0.25, 0.3) is 0 Å². The van der Waals surface area contributed by atoms with Crippen molar-refractivity contribution in [2.45, 2.75) is 92.6 Å². The van der Waals surface area contributed by atoms with Gasteiger partial charge in [-0.1, -0.05) is 71.4 Å². The minimum atomic E-state index is -0.0922. The van der Waals surface area contributed by atoms with E-state index in [1.54, 1.807) is 11.1 Å². The highest BCUT2D eigenvalue weighted by Gasteiger charge is 2.54. The summed E-state index contributed by atoms with van der Waals surface area (Å²) in [4.78, 5) is 0. The summed E-state index contributed by atoms with van der Waals surface area (Å²) in [6.45, 7) is 14.6. The van der Waals surface area contributed by atoms with Crippen LogP contribution in [-0.4, -0.2) is 11.2 Å². The van der Waals surface area contributed by atoms with Gasteiger partial charge in [-0.3, -0.25) is 0 Å². The lowest BCUT2D eigenvalue weighted by atomic mass is 9.52. The second-order valence-corrected chi connectivity index (χ2v) is 11.8. The van der Waals surface area contributed by atoms with Crippen molar-refractivity contribution in [3.05, 3.63) is 35.5 Å². The van der Waals surface area contributed by atoms with Crippen LogP contribution in [0.4, 0.5) is 0 Å². The molecule has 8 atom stereocenters. The summed E-state index contributed by atoms with van der Waals surface area (Å²) in [5.74, 6) is 4.17. The van der Waals surface area contributed by atoms with Gasteiger partial charge in [-0.25, -0.2) is 0 Å². The van der Waals surface area contributed by atoms with Crippen LogP contribution in [0.2, 0.25) is 0 Å². The van der Waals surface area contributed by atoms with Gasteiger partial charge < -0.3 is 5.11 Å². The highest BCUT2D eigenvalue weighted by Crippen LogP contribution is 2.64. The zero-order chi connectivity index (χ0) is 21.0. The number of hydrogen-bond donors (Lipinski definition) is 1. The Morgan fingerprint density at radius 1 is 1.03 bits per heavy atom. The molecule has 1 heteroatoms. The van der Waals surface area contributed by atoms with Gasteiger partial charge in [-0.2, -0.15) is 0 Å². The second kappa shape index (κ2) is 7.70. The summed E-state index contributed by atoms with van der Waals surface area (Å²) < 4.78 is 0. The standard InChI is InChI=1S/C28H44O/c1-18(2)19(3)7-8-20(4)24-11-12-25-23-10-9-21-17-22(29)13-15-27(21,5)26(23)14-16-28(24,25)6/h7-10,18-22,24-25,29H,11-17H2,1-6H3/t19-,20-,21+,22-,24+,25-,27-,28+/m0/s1. The van der Waals surface area contributed by atoms with Crippen LogP contribution in [-0.2, 0) is 0 Å². The Kier molecular flexibility index (Phi) is 5.69. The largest absolute Gasteiger partial charge is 0.393 e. The Balaban J connectivity index is 1.57. The van der Waals surface area contributed by atoms with E-state index in [1.165, 1.54) is 32.1 Å². The molecule has 2 fully saturated rings. The third-order valence-electron chi connectivity index (χ3n) is 9.99. The number of aliphatic hydroxyl groups is 1. The highest BCUT2D eigenvalue weighted by atomic mass is 16.3. The molecule has 4 aliphatic rings. The smallest absolute Gasteiger partial charge is 0.0546 e. The fourth-order valence-corrected chi connectivity index (χ4v) is 7.49. The first-order valence-electron chi connectivity index (χ1n) is 12.4. The predicted octanol–water partition coefficient (Wildman–Crippen LogP) is 7.33. The van der Waals surface area contributed by atoms with Gasteiger partial charge in [0.2, 0.25) is 0 Å². The Labute approximate surface area is 179 Å². The van der Waals surface area contributed by atoms with Crippen molar-refractivity contribution in [2.24, 2.45) is 46.3 Å².